The fourth-order valence-corrected chi connectivity index (χ4v) is 1.25. The highest BCUT2D eigenvalue weighted by molar-refractivity contribution is 5.56. The molecule has 3 nitrogen and oxygen atoms in total. The molecule has 1 heterocycles. The van der Waals surface area contributed by atoms with Crippen LogP contribution >= 0.6 is 0 Å². The Hall–Kier alpha value is -0.940. The van der Waals surface area contributed by atoms with Gasteiger partial charge in [-0.3, -0.25) is 5.01 Å². The van der Waals surface area contributed by atoms with Crippen LogP contribution in [0.15, 0.2) is 5.10 Å². The fraction of sp³-hybridized carbons (Fsp3) is 0.857. The molecule has 0 saturated heterocycles. The summed E-state index contributed by atoms with van der Waals surface area (Å²) in [6, 6.07) is -0.257. The van der Waals surface area contributed by atoms with E-state index < -0.39 is 12.3 Å². The van der Waals surface area contributed by atoms with Crippen LogP contribution in [0.1, 0.15) is 13.8 Å². The maximum absolute atomic E-state index is 12.5. The standard InChI is InChI=1S/C7H12F3N3/c1-5(2)13-6(7(8,9)10)12(3)4-11-13/h4-6H,1-3H3. The number of hydrazone groups is 1. The van der Waals surface area contributed by atoms with E-state index in [2.05, 4.69) is 5.10 Å². The SMILES string of the molecule is CC(C)N1N=CN(C)C1C(F)(F)F. The third-order valence-corrected chi connectivity index (χ3v) is 1.83. The smallest absolute Gasteiger partial charge is 0.335 e. The van der Waals surface area contributed by atoms with Gasteiger partial charge in [0.1, 0.15) is 6.34 Å². The second-order valence-electron chi connectivity index (χ2n) is 3.29. The number of hydrogen-bond donors (Lipinski definition) is 0. The highest BCUT2D eigenvalue weighted by Crippen LogP contribution is 2.30. The van der Waals surface area contributed by atoms with Crippen LogP contribution in [0.3, 0.4) is 0 Å². The minimum atomic E-state index is -4.27. The van der Waals surface area contributed by atoms with E-state index >= 15 is 0 Å². The fourth-order valence-electron chi connectivity index (χ4n) is 1.25. The van der Waals surface area contributed by atoms with E-state index in [0.717, 1.165) is 9.91 Å². The summed E-state index contributed by atoms with van der Waals surface area (Å²) in [5.74, 6) is 0. The normalized spacial score (nSPS) is 23.5. The van der Waals surface area contributed by atoms with Crippen molar-refractivity contribution < 1.29 is 13.2 Å². The van der Waals surface area contributed by atoms with Gasteiger partial charge in [0.25, 0.3) is 0 Å². The zero-order valence-corrected chi connectivity index (χ0v) is 7.71. The molecule has 76 valence electrons. The first-order valence-corrected chi connectivity index (χ1v) is 3.95. The number of hydrogen-bond acceptors (Lipinski definition) is 3. The minimum absolute atomic E-state index is 0.257. The zero-order chi connectivity index (χ0) is 10.2. The quantitative estimate of drug-likeness (QED) is 0.631. The van der Waals surface area contributed by atoms with Gasteiger partial charge in [-0.05, 0) is 13.8 Å². The summed E-state index contributed by atoms with van der Waals surface area (Å²) in [4.78, 5) is 1.06. The lowest BCUT2D eigenvalue weighted by Crippen LogP contribution is -2.50. The molecule has 1 aliphatic rings. The Bertz CT molecular complexity index is 212. The van der Waals surface area contributed by atoms with Crippen LogP contribution in [0, 0.1) is 0 Å². The second-order valence-corrected chi connectivity index (χ2v) is 3.29. The summed E-state index contributed by atoms with van der Waals surface area (Å²) >= 11 is 0. The van der Waals surface area contributed by atoms with Crippen molar-refractivity contribution in [2.45, 2.75) is 32.2 Å². The largest absolute Gasteiger partial charge is 0.429 e. The van der Waals surface area contributed by atoms with Crippen LogP contribution in [0.4, 0.5) is 13.2 Å². The van der Waals surface area contributed by atoms with Crippen molar-refractivity contribution in [3.8, 4) is 0 Å². The number of alkyl halides is 3. The molecule has 0 amide bonds. The van der Waals surface area contributed by atoms with Crippen molar-refractivity contribution in [3.63, 3.8) is 0 Å². The van der Waals surface area contributed by atoms with Crippen LogP contribution in [-0.2, 0) is 0 Å². The summed E-state index contributed by atoms with van der Waals surface area (Å²) in [6.45, 7) is 3.35. The van der Waals surface area contributed by atoms with Crippen LogP contribution < -0.4 is 0 Å². The Balaban J connectivity index is 2.82. The van der Waals surface area contributed by atoms with Gasteiger partial charge in [0.15, 0.2) is 0 Å². The Morgan fingerprint density at radius 1 is 1.38 bits per heavy atom. The molecule has 0 fully saturated rings. The summed E-state index contributed by atoms with van der Waals surface area (Å²) in [7, 11) is 1.37. The predicted molar refractivity (Wildman–Crippen MR) is 43.1 cm³/mol. The molecule has 1 unspecified atom stereocenters. The van der Waals surface area contributed by atoms with E-state index in [4.69, 9.17) is 0 Å². The summed E-state index contributed by atoms with van der Waals surface area (Å²) in [5.41, 5.74) is 0. The molecule has 1 atom stereocenters. The summed E-state index contributed by atoms with van der Waals surface area (Å²) in [6.07, 6.45) is -4.69. The van der Waals surface area contributed by atoms with Gasteiger partial charge in [-0.1, -0.05) is 0 Å². The van der Waals surface area contributed by atoms with Gasteiger partial charge < -0.3 is 4.90 Å². The highest BCUT2D eigenvalue weighted by atomic mass is 19.4. The molecule has 0 N–H and O–H groups in total. The number of halogens is 3. The van der Waals surface area contributed by atoms with E-state index in [1.54, 1.807) is 13.8 Å². The van der Waals surface area contributed by atoms with Gasteiger partial charge in [0.05, 0.1) is 0 Å². The lowest BCUT2D eigenvalue weighted by atomic mass is 10.3. The van der Waals surface area contributed by atoms with Gasteiger partial charge in [0.2, 0.25) is 6.17 Å². The molecule has 1 rings (SSSR count). The van der Waals surface area contributed by atoms with Crippen LogP contribution in [0.2, 0.25) is 0 Å². The molecule has 0 aromatic heterocycles. The molecule has 0 bridgehead atoms. The van der Waals surface area contributed by atoms with E-state index in [1.165, 1.54) is 13.4 Å². The Morgan fingerprint density at radius 2 is 1.92 bits per heavy atom. The van der Waals surface area contributed by atoms with Crippen molar-refractivity contribution in [1.29, 1.82) is 0 Å². The number of rotatable bonds is 1. The van der Waals surface area contributed by atoms with Crippen LogP contribution in [0.5, 0.6) is 0 Å². The zero-order valence-electron chi connectivity index (χ0n) is 7.71. The van der Waals surface area contributed by atoms with E-state index in [0.29, 0.717) is 0 Å². The van der Waals surface area contributed by atoms with E-state index in [9.17, 15) is 13.2 Å². The maximum Gasteiger partial charge on any atom is 0.429 e. The predicted octanol–water partition coefficient (Wildman–Crippen LogP) is 1.47. The number of nitrogens with zero attached hydrogens (tertiary/aromatic N) is 3. The Morgan fingerprint density at radius 3 is 2.23 bits per heavy atom. The Labute approximate surface area is 74.8 Å². The maximum atomic E-state index is 12.5. The van der Waals surface area contributed by atoms with E-state index in [-0.39, 0.29) is 6.04 Å². The first kappa shape index (κ1) is 10.1. The molecule has 0 radical (unpaired) electrons. The van der Waals surface area contributed by atoms with Gasteiger partial charge in [-0.15, -0.1) is 0 Å². The van der Waals surface area contributed by atoms with Crippen LogP contribution in [-0.4, -0.2) is 41.7 Å². The lowest BCUT2D eigenvalue weighted by molar-refractivity contribution is -0.208. The van der Waals surface area contributed by atoms with Crippen molar-refractivity contribution in [2.24, 2.45) is 5.10 Å². The average Bonchev–Trinajstić information content (AvgIpc) is 2.28. The Kier molecular flexibility index (Phi) is 2.40. The minimum Gasteiger partial charge on any atom is -0.335 e. The van der Waals surface area contributed by atoms with Gasteiger partial charge in [-0.2, -0.15) is 18.3 Å². The van der Waals surface area contributed by atoms with Gasteiger partial charge in [-0.25, -0.2) is 0 Å². The molecular formula is C7H12F3N3. The van der Waals surface area contributed by atoms with Crippen LogP contribution in [0.25, 0.3) is 0 Å². The molecule has 0 aliphatic carbocycles. The summed E-state index contributed by atoms with van der Waals surface area (Å²) < 4.78 is 37.4. The van der Waals surface area contributed by atoms with Gasteiger partial charge in [0, 0.05) is 13.1 Å². The highest BCUT2D eigenvalue weighted by Gasteiger charge is 2.49. The molecule has 13 heavy (non-hydrogen) atoms. The van der Waals surface area contributed by atoms with Crippen molar-refractivity contribution in [3.05, 3.63) is 0 Å². The molecule has 1 aliphatic heterocycles. The molecule has 6 heteroatoms. The monoisotopic (exact) mass is 195 g/mol. The molecule has 0 aromatic carbocycles. The van der Waals surface area contributed by atoms with Crippen molar-refractivity contribution in [2.75, 3.05) is 7.05 Å². The first-order chi connectivity index (χ1) is 5.84. The van der Waals surface area contributed by atoms with Gasteiger partial charge >= 0.3 is 6.18 Å². The second kappa shape index (κ2) is 3.08. The lowest BCUT2D eigenvalue weighted by Gasteiger charge is -2.32. The summed E-state index contributed by atoms with van der Waals surface area (Å²) in [5, 5.41) is 4.72. The first-order valence-electron chi connectivity index (χ1n) is 3.95. The third kappa shape index (κ3) is 1.87. The molecule has 0 spiro atoms. The van der Waals surface area contributed by atoms with E-state index in [1.807, 2.05) is 0 Å². The topological polar surface area (TPSA) is 18.8 Å². The van der Waals surface area contributed by atoms with Crippen molar-refractivity contribution >= 4 is 6.34 Å². The average molecular weight is 195 g/mol. The van der Waals surface area contributed by atoms with Crippen molar-refractivity contribution in [1.82, 2.24) is 9.91 Å². The molecular weight excluding hydrogens is 183 g/mol. The molecule has 0 aromatic rings. The third-order valence-electron chi connectivity index (χ3n) is 1.83. The molecule has 0 saturated carbocycles.